The van der Waals surface area contributed by atoms with E-state index in [0.29, 0.717) is 38.3 Å². The van der Waals surface area contributed by atoms with E-state index in [0.717, 1.165) is 41.0 Å². The number of carbonyl (C=O) groups excluding carboxylic acids is 1. The molecule has 200 valence electrons. The van der Waals surface area contributed by atoms with Crippen molar-refractivity contribution in [2.24, 2.45) is 0 Å². The van der Waals surface area contributed by atoms with Crippen LogP contribution in [0.3, 0.4) is 0 Å². The lowest BCUT2D eigenvalue weighted by Crippen LogP contribution is -2.42. The minimum Gasteiger partial charge on any atom is -0.344 e. The van der Waals surface area contributed by atoms with Crippen molar-refractivity contribution in [1.29, 1.82) is 0 Å². The average molecular weight is 537 g/mol. The third kappa shape index (κ3) is 5.65. The molecule has 1 aliphatic rings. The van der Waals surface area contributed by atoms with E-state index >= 15 is 0 Å². The zero-order chi connectivity index (χ0) is 26.6. The fourth-order valence-corrected chi connectivity index (χ4v) is 5.94. The summed E-state index contributed by atoms with van der Waals surface area (Å²) in [5, 5.41) is 0.807. The number of halogens is 1. The molecular weight excluding hydrogens is 503 g/mol. The molecule has 8 nitrogen and oxygen atoms in total. The second-order valence-corrected chi connectivity index (χ2v) is 10.7. The number of imidazole rings is 1. The first kappa shape index (κ1) is 26.1. The van der Waals surface area contributed by atoms with Crippen LogP contribution in [-0.2, 0) is 11.2 Å². The van der Waals surface area contributed by atoms with E-state index in [2.05, 4.69) is 28.1 Å². The highest BCUT2D eigenvalue weighted by Gasteiger charge is 2.27. The maximum Gasteiger partial charge on any atom is 0.326 e. The van der Waals surface area contributed by atoms with Crippen LogP contribution in [-0.4, -0.2) is 55.4 Å². The van der Waals surface area contributed by atoms with Crippen LogP contribution in [0.15, 0.2) is 53.3 Å². The van der Waals surface area contributed by atoms with Crippen LogP contribution >= 0.6 is 11.5 Å². The number of likely N-dealkylation sites (tertiary alicyclic amines) is 1. The van der Waals surface area contributed by atoms with Crippen LogP contribution in [0.1, 0.15) is 57.0 Å². The van der Waals surface area contributed by atoms with Gasteiger partial charge >= 0.3 is 5.69 Å². The second-order valence-electron chi connectivity index (χ2n) is 9.93. The lowest BCUT2D eigenvalue weighted by molar-refractivity contribution is -0.132. The maximum atomic E-state index is 13.2. The summed E-state index contributed by atoms with van der Waals surface area (Å²) in [7, 11) is 0. The molecule has 1 saturated heterocycles. The van der Waals surface area contributed by atoms with E-state index in [1.807, 2.05) is 33.7 Å². The predicted molar refractivity (Wildman–Crippen MR) is 148 cm³/mol. The first-order valence-electron chi connectivity index (χ1n) is 13.2. The molecule has 1 atom stereocenters. The summed E-state index contributed by atoms with van der Waals surface area (Å²) in [6, 6.07) is 14.4. The van der Waals surface area contributed by atoms with Crippen LogP contribution in [0, 0.1) is 5.82 Å². The fourth-order valence-electron chi connectivity index (χ4n) is 5.13. The van der Waals surface area contributed by atoms with Gasteiger partial charge in [0.05, 0.1) is 11.0 Å². The van der Waals surface area contributed by atoms with Crippen molar-refractivity contribution >= 4 is 33.6 Å². The summed E-state index contributed by atoms with van der Waals surface area (Å²) in [5.41, 5.74) is 2.64. The topological polar surface area (TPSA) is 87.1 Å². The average Bonchev–Trinajstić information content (AvgIpc) is 3.53. The molecule has 0 aliphatic carbocycles. The number of hydrogen-bond acceptors (Lipinski definition) is 6. The Morgan fingerprint density at radius 2 is 1.92 bits per heavy atom. The summed E-state index contributed by atoms with van der Waals surface area (Å²) < 4.78 is 19.6. The summed E-state index contributed by atoms with van der Waals surface area (Å²) >= 11 is 1.34. The van der Waals surface area contributed by atoms with E-state index < -0.39 is 0 Å². The number of aromatic nitrogens is 4. The Balaban J connectivity index is 1.19. The van der Waals surface area contributed by atoms with E-state index in [9.17, 15) is 14.0 Å². The Labute approximate surface area is 225 Å². The third-order valence-corrected chi connectivity index (χ3v) is 8.27. The van der Waals surface area contributed by atoms with E-state index in [4.69, 9.17) is 4.98 Å². The number of anilines is 1. The van der Waals surface area contributed by atoms with Crippen molar-refractivity contribution < 1.29 is 9.18 Å². The van der Waals surface area contributed by atoms with Crippen LogP contribution in [0.5, 0.6) is 0 Å². The zero-order valence-corrected chi connectivity index (χ0v) is 22.6. The molecule has 0 bridgehead atoms. The van der Waals surface area contributed by atoms with Gasteiger partial charge in [0.1, 0.15) is 11.6 Å². The molecule has 1 aliphatic heterocycles. The number of para-hydroxylation sites is 2. The second kappa shape index (κ2) is 11.5. The van der Waals surface area contributed by atoms with Gasteiger partial charge in [-0.3, -0.25) is 9.36 Å². The highest BCUT2D eigenvalue weighted by Crippen LogP contribution is 2.26. The van der Waals surface area contributed by atoms with Gasteiger partial charge in [-0.25, -0.2) is 14.2 Å². The molecule has 0 saturated carbocycles. The van der Waals surface area contributed by atoms with Gasteiger partial charge in [0, 0.05) is 56.1 Å². The predicted octanol–water partition coefficient (Wildman–Crippen LogP) is 4.77. The normalized spacial score (nSPS) is 15.2. The monoisotopic (exact) mass is 536 g/mol. The molecule has 1 amide bonds. The first-order valence-corrected chi connectivity index (χ1v) is 14.0. The van der Waals surface area contributed by atoms with Crippen molar-refractivity contribution in [2.45, 2.75) is 58.0 Å². The standard InChI is InChI=1S/C28H33FN6O2S/c1-3-19(2)34(28-31-25(32-38-28)18-20-8-10-21(29)11-9-20)17-14-26(36)33-15-12-22(13-16-33)35-24-7-5-4-6-23(24)30-27(35)37/h4-11,19,22H,3,12-18H2,1-2H3,(H,30,37). The molecule has 4 aromatic rings. The molecule has 1 fully saturated rings. The molecule has 1 unspecified atom stereocenters. The van der Waals surface area contributed by atoms with Crippen LogP contribution in [0.25, 0.3) is 11.0 Å². The molecule has 38 heavy (non-hydrogen) atoms. The van der Waals surface area contributed by atoms with Gasteiger partial charge in [-0.15, -0.1) is 0 Å². The minimum atomic E-state index is -0.260. The summed E-state index contributed by atoms with van der Waals surface area (Å²) in [4.78, 5) is 37.5. The Hall–Kier alpha value is -3.53. The number of nitrogens with zero attached hydrogens (tertiary/aromatic N) is 5. The maximum absolute atomic E-state index is 13.2. The Morgan fingerprint density at radius 3 is 2.66 bits per heavy atom. The minimum absolute atomic E-state index is 0.0835. The fraction of sp³-hybridized carbons (Fsp3) is 0.429. The van der Waals surface area contributed by atoms with E-state index in [1.54, 1.807) is 12.1 Å². The molecule has 0 radical (unpaired) electrons. The van der Waals surface area contributed by atoms with Crippen LogP contribution < -0.4 is 10.6 Å². The zero-order valence-electron chi connectivity index (χ0n) is 21.8. The smallest absolute Gasteiger partial charge is 0.326 e. The number of nitrogens with one attached hydrogen (secondary N) is 1. The van der Waals surface area contributed by atoms with E-state index in [1.165, 1.54) is 23.7 Å². The van der Waals surface area contributed by atoms with Crippen LogP contribution in [0.4, 0.5) is 9.52 Å². The van der Waals surface area contributed by atoms with Gasteiger partial charge in [0.15, 0.2) is 0 Å². The molecule has 2 aromatic carbocycles. The molecule has 5 rings (SSSR count). The number of aromatic amines is 1. The molecule has 1 N–H and O–H groups in total. The molecule has 10 heteroatoms. The number of H-pyrrole nitrogens is 1. The van der Waals surface area contributed by atoms with Gasteiger partial charge in [-0.1, -0.05) is 31.2 Å². The summed E-state index contributed by atoms with van der Waals surface area (Å²) in [6.07, 6.45) is 3.37. The quantitative estimate of drug-likeness (QED) is 0.333. The Bertz CT molecular complexity index is 1440. The summed E-state index contributed by atoms with van der Waals surface area (Å²) in [6.45, 7) is 6.10. The Morgan fingerprint density at radius 1 is 1.18 bits per heavy atom. The Kier molecular flexibility index (Phi) is 7.87. The SMILES string of the molecule is CCC(C)N(CCC(=O)N1CCC(n2c(=O)[nH]c3ccccc32)CC1)c1nc(Cc2ccc(F)cc2)ns1. The first-order chi connectivity index (χ1) is 18.4. The van der Waals surface area contributed by atoms with Gasteiger partial charge in [-0.2, -0.15) is 4.37 Å². The van der Waals surface area contributed by atoms with Crippen molar-refractivity contribution in [2.75, 3.05) is 24.5 Å². The van der Waals surface area contributed by atoms with Gasteiger partial charge in [0.25, 0.3) is 0 Å². The van der Waals surface area contributed by atoms with Crippen molar-refractivity contribution in [1.82, 2.24) is 23.8 Å². The van der Waals surface area contributed by atoms with Crippen molar-refractivity contribution in [3.05, 3.63) is 76.2 Å². The number of rotatable bonds is 9. The van der Waals surface area contributed by atoms with E-state index in [-0.39, 0.29) is 29.5 Å². The molecule has 3 heterocycles. The molecule has 2 aromatic heterocycles. The number of piperidine rings is 1. The molecule has 0 spiro atoms. The van der Waals surface area contributed by atoms with Gasteiger partial charge in [-0.05, 0) is 56.0 Å². The number of hydrogen-bond donors (Lipinski definition) is 1. The highest BCUT2D eigenvalue weighted by molar-refractivity contribution is 7.09. The number of carbonyl (C=O) groups is 1. The van der Waals surface area contributed by atoms with Crippen molar-refractivity contribution in [3.63, 3.8) is 0 Å². The summed E-state index contributed by atoms with van der Waals surface area (Å²) in [5.74, 6) is 0.564. The number of benzene rings is 2. The van der Waals surface area contributed by atoms with Crippen LogP contribution in [0.2, 0.25) is 0 Å². The third-order valence-electron chi connectivity index (χ3n) is 7.47. The number of amides is 1. The highest BCUT2D eigenvalue weighted by atomic mass is 32.1. The lowest BCUT2D eigenvalue weighted by atomic mass is 10.0. The largest absolute Gasteiger partial charge is 0.344 e. The van der Waals surface area contributed by atoms with Gasteiger partial charge in [0.2, 0.25) is 11.0 Å². The van der Waals surface area contributed by atoms with Gasteiger partial charge < -0.3 is 14.8 Å². The number of fused-ring (bicyclic) bond motifs is 1. The van der Waals surface area contributed by atoms with Crippen molar-refractivity contribution in [3.8, 4) is 0 Å². The molecular formula is C28H33FN6O2S. The lowest BCUT2D eigenvalue weighted by Gasteiger charge is -2.34.